The molecule has 0 radical (unpaired) electrons. The van der Waals surface area contributed by atoms with Gasteiger partial charge >= 0.3 is 5.97 Å². The van der Waals surface area contributed by atoms with E-state index in [1.54, 1.807) is 0 Å². The molecule has 0 aliphatic rings. The van der Waals surface area contributed by atoms with Crippen LogP contribution in [0.15, 0.2) is 24.5 Å². The molecule has 44 valence electrons. The summed E-state index contributed by atoms with van der Waals surface area (Å²) in [7, 11) is 0. The van der Waals surface area contributed by atoms with Gasteiger partial charge in [0.05, 0.1) is 6.08 Å². The largest absolute Gasteiger partial charge is 0.508 e. The van der Waals surface area contributed by atoms with Crippen molar-refractivity contribution in [1.29, 1.82) is 0 Å². The van der Waals surface area contributed by atoms with Gasteiger partial charge in [-0.1, -0.05) is 6.58 Å². The van der Waals surface area contributed by atoms with Gasteiger partial charge in [0.2, 0.25) is 0 Å². The second-order valence-corrected chi connectivity index (χ2v) is 1.11. The molecular weight excluding hydrogens is 108 g/mol. The van der Waals surface area contributed by atoms with Gasteiger partial charge in [-0.05, 0) is 6.08 Å². The van der Waals surface area contributed by atoms with E-state index in [0.717, 1.165) is 6.08 Å². The number of carboxylic acids is 1. The molecule has 0 aromatic rings. The lowest BCUT2D eigenvalue weighted by Gasteiger charge is -1.82. The van der Waals surface area contributed by atoms with Gasteiger partial charge in [0.25, 0.3) is 0 Å². The van der Waals surface area contributed by atoms with Crippen LogP contribution in [0.5, 0.6) is 0 Å². The molecule has 0 bridgehead atoms. The van der Waals surface area contributed by atoms with Crippen molar-refractivity contribution >= 4 is 5.97 Å². The summed E-state index contributed by atoms with van der Waals surface area (Å²) in [5, 5.41) is 16.3. The number of aliphatic carboxylic acids is 1. The van der Waals surface area contributed by atoms with E-state index in [0.29, 0.717) is 6.08 Å². The summed E-state index contributed by atoms with van der Waals surface area (Å²) in [5.41, 5.74) is 0. The molecule has 0 saturated carbocycles. The predicted octanol–water partition coefficient (Wildman–Crippen LogP) is 0.699. The van der Waals surface area contributed by atoms with Crippen molar-refractivity contribution in [3.8, 4) is 0 Å². The minimum atomic E-state index is -1.18. The quantitative estimate of drug-likeness (QED) is 0.315. The van der Waals surface area contributed by atoms with E-state index in [9.17, 15) is 4.79 Å². The predicted molar refractivity (Wildman–Crippen MR) is 28.5 cm³/mol. The first-order valence-corrected chi connectivity index (χ1v) is 1.93. The van der Waals surface area contributed by atoms with Crippen molar-refractivity contribution < 1.29 is 15.0 Å². The van der Waals surface area contributed by atoms with E-state index in [4.69, 9.17) is 10.2 Å². The molecule has 2 N–H and O–H groups in total. The van der Waals surface area contributed by atoms with Crippen LogP contribution in [-0.4, -0.2) is 16.2 Å². The molecule has 0 aromatic carbocycles. The summed E-state index contributed by atoms with van der Waals surface area (Å²) < 4.78 is 0. The first kappa shape index (κ1) is 6.75. The number of carbonyl (C=O) groups is 1. The molecule has 0 heterocycles. The van der Waals surface area contributed by atoms with Crippen LogP contribution in [0.3, 0.4) is 0 Å². The van der Waals surface area contributed by atoms with Gasteiger partial charge in [0, 0.05) is 0 Å². The summed E-state index contributed by atoms with van der Waals surface area (Å²) in [6.07, 6.45) is 1.71. The van der Waals surface area contributed by atoms with Crippen molar-refractivity contribution in [2.75, 3.05) is 0 Å². The van der Waals surface area contributed by atoms with Crippen molar-refractivity contribution in [3.63, 3.8) is 0 Å². The van der Waals surface area contributed by atoms with E-state index in [2.05, 4.69) is 6.58 Å². The minimum Gasteiger partial charge on any atom is -0.508 e. The van der Waals surface area contributed by atoms with Gasteiger partial charge in [-0.2, -0.15) is 0 Å². The van der Waals surface area contributed by atoms with E-state index in [1.165, 1.54) is 0 Å². The number of aliphatic hydroxyl groups excluding tert-OH is 1. The average molecular weight is 114 g/mol. The van der Waals surface area contributed by atoms with Crippen molar-refractivity contribution in [3.05, 3.63) is 24.5 Å². The number of hydrogen-bond donors (Lipinski definition) is 2. The second-order valence-electron chi connectivity index (χ2n) is 1.11. The fraction of sp³-hybridized carbons (Fsp3) is 0. The highest BCUT2D eigenvalue weighted by atomic mass is 16.4. The second kappa shape index (κ2) is 2.85. The molecule has 0 unspecified atom stereocenters. The van der Waals surface area contributed by atoms with Crippen LogP contribution < -0.4 is 0 Å². The van der Waals surface area contributed by atoms with Crippen LogP contribution in [0.25, 0.3) is 0 Å². The number of aliphatic hydroxyl groups is 1. The van der Waals surface area contributed by atoms with Crippen LogP contribution in [-0.2, 0) is 4.79 Å². The maximum atomic E-state index is 9.68. The standard InChI is InChI=1S/C5H6O3/c1-2-4(6)3-5(7)8/h2-3,6H,1H2,(H,7,8)/b4-3-. The Labute approximate surface area is 46.6 Å². The lowest BCUT2D eigenvalue weighted by Crippen LogP contribution is -1.88. The van der Waals surface area contributed by atoms with E-state index < -0.39 is 5.97 Å². The summed E-state index contributed by atoms with van der Waals surface area (Å²) in [6.45, 7) is 3.13. The first-order valence-electron chi connectivity index (χ1n) is 1.93. The Morgan fingerprint density at radius 3 is 2.12 bits per heavy atom. The average Bonchev–Trinajstić information content (AvgIpc) is 1.65. The molecular formula is C5H6O3. The fourth-order valence-electron chi connectivity index (χ4n) is 0.185. The van der Waals surface area contributed by atoms with Crippen molar-refractivity contribution in [2.24, 2.45) is 0 Å². The molecule has 0 fully saturated rings. The summed E-state index contributed by atoms with van der Waals surface area (Å²) in [5.74, 6) is -1.51. The highest BCUT2D eigenvalue weighted by Crippen LogP contribution is 1.85. The van der Waals surface area contributed by atoms with Crippen LogP contribution in [0.4, 0.5) is 0 Å². The summed E-state index contributed by atoms with van der Waals surface area (Å²) >= 11 is 0. The number of hydrogen-bond acceptors (Lipinski definition) is 2. The lowest BCUT2D eigenvalue weighted by molar-refractivity contribution is -0.131. The van der Waals surface area contributed by atoms with Crippen LogP contribution >= 0.6 is 0 Å². The highest BCUT2D eigenvalue weighted by molar-refractivity contribution is 5.80. The maximum Gasteiger partial charge on any atom is 0.332 e. The molecule has 0 spiro atoms. The molecule has 0 amide bonds. The fourth-order valence-corrected chi connectivity index (χ4v) is 0.185. The smallest absolute Gasteiger partial charge is 0.332 e. The first-order chi connectivity index (χ1) is 3.66. The maximum absolute atomic E-state index is 9.68. The van der Waals surface area contributed by atoms with E-state index in [1.807, 2.05) is 0 Å². The van der Waals surface area contributed by atoms with Crippen molar-refractivity contribution in [2.45, 2.75) is 0 Å². The Morgan fingerprint density at radius 1 is 1.50 bits per heavy atom. The van der Waals surface area contributed by atoms with Gasteiger partial charge in [0.1, 0.15) is 5.76 Å². The molecule has 0 saturated heterocycles. The van der Waals surface area contributed by atoms with Crippen molar-refractivity contribution in [1.82, 2.24) is 0 Å². The zero-order valence-electron chi connectivity index (χ0n) is 4.16. The molecule has 3 heteroatoms. The topological polar surface area (TPSA) is 57.5 Å². The molecule has 3 nitrogen and oxygen atoms in total. The molecule has 8 heavy (non-hydrogen) atoms. The molecule has 0 rings (SSSR count). The van der Waals surface area contributed by atoms with E-state index >= 15 is 0 Å². The molecule has 0 atom stereocenters. The summed E-state index contributed by atoms with van der Waals surface area (Å²) in [6, 6.07) is 0. The number of rotatable bonds is 2. The Morgan fingerprint density at radius 2 is 2.00 bits per heavy atom. The minimum absolute atomic E-state index is 0.336. The Balaban J connectivity index is 3.94. The van der Waals surface area contributed by atoms with Gasteiger partial charge in [-0.15, -0.1) is 0 Å². The Bertz CT molecular complexity index is 135. The van der Waals surface area contributed by atoms with Gasteiger partial charge in [0.15, 0.2) is 0 Å². The summed E-state index contributed by atoms with van der Waals surface area (Å²) in [4.78, 5) is 9.68. The third kappa shape index (κ3) is 2.96. The third-order valence-corrected chi connectivity index (χ3v) is 0.480. The number of carboxylic acid groups (broad SMARTS) is 1. The lowest BCUT2D eigenvalue weighted by atomic mass is 10.4. The van der Waals surface area contributed by atoms with Crippen LogP contribution in [0, 0.1) is 0 Å². The highest BCUT2D eigenvalue weighted by Gasteiger charge is 1.88. The van der Waals surface area contributed by atoms with Crippen LogP contribution in [0.2, 0.25) is 0 Å². The van der Waals surface area contributed by atoms with Gasteiger partial charge in [-0.25, -0.2) is 4.79 Å². The molecule has 0 aliphatic carbocycles. The molecule has 0 aliphatic heterocycles. The SMILES string of the molecule is C=C/C(O)=C/C(=O)O. The van der Waals surface area contributed by atoms with E-state index in [-0.39, 0.29) is 5.76 Å². The van der Waals surface area contributed by atoms with Gasteiger partial charge < -0.3 is 10.2 Å². The third-order valence-electron chi connectivity index (χ3n) is 0.480. The zero-order chi connectivity index (χ0) is 6.57. The normalized spacial score (nSPS) is 10.8. The Kier molecular flexibility index (Phi) is 2.40. The van der Waals surface area contributed by atoms with Gasteiger partial charge in [-0.3, -0.25) is 0 Å². The van der Waals surface area contributed by atoms with Crippen LogP contribution in [0.1, 0.15) is 0 Å². The molecule has 0 aromatic heterocycles. The Hall–Kier alpha value is -1.25. The monoisotopic (exact) mass is 114 g/mol. The zero-order valence-corrected chi connectivity index (χ0v) is 4.16. The number of allylic oxidation sites excluding steroid dienone is 1.